The van der Waals surface area contributed by atoms with Crippen LogP contribution in [0, 0.1) is 41.4 Å². The summed E-state index contributed by atoms with van der Waals surface area (Å²) in [6, 6.07) is 0. The zero-order valence-corrected chi connectivity index (χ0v) is 29.9. The fourth-order valence-corrected chi connectivity index (χ4v) is 6.38. The van der Waals surface area contributed by atoms with Crippen molar-refractivity contribution in [2.45, 2.75) is 184 Å². The maximum Gasteiger partial charge on any atom is 0.0499 e. The molecule has 0 aromatic rings. The lowest BCUT2D eigenvalue weighted by Crippen LogP contribution is -2.09. The van der Waals surface area contributed by atoms with Gasteiger partial charge in [0.25, 0.3) is 0 Å². The standard InChI is InChI=1S/C40H78O/c1-32(2)17-11-19-34(5)21-13-23-36(7)25-15-26-38(9)29-30-40(31-41)39(10)28-16-27-37(8)24-14-22-35(6)20-12-18-33(3)4/h29,32-37,40-41H,10-28,30-31H2,1-9H3/b38-29+/t34-,35+,36-,37+,40-/m0/s1. The Balaban J connectivity index is 4.04. The molecule has 1 N–H and O–H groups in total. The molecule has 0 aromatic carbocycles. The minimum atomic E-state index is 0.230. The number of rotatable bonds is 28. The maximum atomic E-state index is 10.0. The summed E-state index contributed by atoms with van der Waals surface area (Å²) in [7, 11) is 0. The van der Waals surface area contributed by atoms with Crippen LogP contribution >= 0.6 is 0 Å². The fraction of sp³-hybridized carbons (Fsp3) is 0.900. The van der Waals surface area contributed by atoms with E-state index in [1.807, 2.05) is 0 Å². The molecule has 0 aromatic heterocycles. The van der Waals surface area contributed by atoms with Gasteiger partial charge in [-0.1, -0.05) is 169 Å². The van der Waals surface area contributed by atoms with Gasteiger partial charge in [-0.25, -0.2) is 0 Å². The molecule has 0 radical (unpaired) electrons. The highest BCUT2D eigenvalue weighted by Crippen LogP contribution is 2.26. The van der Waals surface area contributed by atoms with Crippen LogP contribution in [0.25, 0.3) is 0 Å². The van der Waals surface area contributed by atoms with Crippen molar-refractivity contribution in [2.24, 2.45) is 41.4 Å². The fourth-order valence-electron chi connectivity index (χ4n) is 6.38. The molecule has 5 atom stereocenters. The lowest BCUT2D eigenvalue weighted by Gasteiger charge is -2.18. The quantitative estimate of drug-likeness (QED) is 0.0921. The minimum Gasteiger partial charge on any atom is -0.396 e. The van der Waals surface area contributed by atoms with Crippen LogP contribution < -0.4 is 0 Å². The van der Waals surface area contributed by atoms with Gasteiger partial charge in [-0.3, -0.25) is 0 Å². The first kappa shape index (κ1) is 40.4. The van der Waals surface area contributed by atoms with E-state index in [4.69, 9.17) is 0 Å². The van der Waals surface area contributed by atoms with E-state index in [9.17, 15) is 5.11 Å². The highest BCUT2D eigenvalue weighted by Gasteiger charge is 2.12. The van der Waals surface area contributed by atoms with Crippen LogP contribution in [0.4, 0.5) is 0 Å². The molecule has 0 fully saturated rings. The van der Waals surface area contributed by atoms with Gasteiger partial charge in [-0.15, -0.1) is 0 Å². The molecule has 0 heterocycles. The second kappa shape index (κ2) is 25.9. The number of aliphatic hydroxyl groups excluding tert-OH is 1. The summed E-state index contributed by atoms with van der Waals surface area (Å²) in [5.74, 6) is 5.36. The zero-order chi connectivity index (χ0) is 31.0. The first-order chi connectivity index (χ1) is 19.4. The average molecular weight is 575 g/mol. The summed E-state index contributed by atoms with van der Waals surface area (Å²) < 4.78 is 0. The predicted octanol–water partition coefficient (Wildman–Crippen LogP) is 13.4. The second-order valence-corrected chi connectivity index (χ2v) is 15.5. The number of allylic oxidation sites excluding steroid dienone is 2. The SMILES string of the molecule is C=C(CCC[C@H](C)CCC[C@H](C)CCCC(C)C)[C@H](CO)C/C=C(\C)CCC[C@@H](C)CCC[C@@H](C)CCCC(C)C. The van der Waals surface area contributed by atoms with Crippen molar-refractivity contribution in [3.05, 3.63) is 23.8 Å². The second-order valence-electron chi connectivity index (χ2n) is 15.5. The van der Waals surface area contributed by atoms with Crippen LogP contribution in [0.1, 0.15) is 184 Å². The van der Waals surface area contributed by atoms with E-state index >= 15 is 0 Å². The Kier molecular flexibility index (Phi) is 25.5. The van der Waals surface area contributed by atoms with Crippen molar-refractivity contribution >= 4 is 0 Å². The molecule has 0 unspecified atom stereocenters. The molecule has 0 rings (SSSR count). The smallest absolute Gasteiger partial charge is 0.0499 e. The summed E-state index contributed by atoms with van der Waals surface area (Å²) in [4.78, 5) is 0. The molecule has 0 aliphatic carbocycles. The Bertz CT molecular complexity index is 629. The monoisotopic (exact) mass is 575 g/mol. The molecule has 0 saturated heterocycles. The molecule has 0 bridgehead atoms. The van der Waals surface area contributed by atoms with Gasteiger partial charge >= 0.3 is 0 Å². The maximum absolute atomic E-state index is 10.0. The summed E-state index contributed by atoms with van der Waals surface area (Å²) in [5.41, 5.74) is 2.75. The highest BCUT2D eigenvalue weighted by molar-refractivity contribution is 5.06. The molecule has 0 aliphatic heterocycles. The molecular formula is C40H78O. The topological polar surface area (TPSA) is 20.2 Å². The van der Waals surface area contributed by atoms with Gasteiger partial charge in [0.05, 0.1) is 0 Å². The van der Waals surface area contributed by atoms with E-state index in [1.54, 1.807) is 0 Å². The summed E-state index contributed by atoms with van der Waals surface area (Å²) in [6.07, 6.45) is 27.5. The Hall–Kier alpha value is -0.560. The van der Waals surface area contributed by atoms with Crippen LogP contribution in [-0.4, -0.2) is 11.7 Å². The number of hydrogen-bond acceptors (Lipinski definition) is 1. The van der Waals surface area contributed by atoms with Crippen LogP contribution in [0.15, 0.2) is 23.8 Å². The Morgan fingerprint density at radius 3 is 1.24 bits per heavy atom. The van der Waals surface area contributed by atoms with Crippen LogP contribution in [0.2, 0.25) is 0 Å². The third-order valence-electron chi connectivity index (χ3n) is 9.76. The molecule has 0 aliphatic rings. The van der Waals surface area contributed by atoms with Gasteiger partial charge < -0.3 is 5.11 Å². The third kappa shape index (κ3) is 25.6. The average Bonchev–Trinajstić information content (AvgIpc) is 2.88. The van der Waals surface area contributed by atoms with E-state index in [-0.39, 0.29) is 12.5 Å². The molecule has 1 heteroatoms. The molecule has 244 valence electrons. The van der Waals surface area contributed by atoms with Crippen LogP contribution in [-0.2, 0) is 0 Å². The summed E-state index contributed by atoms with van der Waals surface area (Å²) in [6.45, 7) is 26.0. The molecule has 0 saturated carbocycles. The first-order valence-electron chi connectivity index (χ1n) is 18.4. The van der Waals surface area contributed by atoms with E-state index in [2.05, 4.69) is 75.0 Å². The van der Waals surface area contributed by atoms with E-state index in [1.165, 1.54) is 120 Å². The molecule has 1 nitrogen and oxygen atoms in total. The molecule has 0 spiro atoms. The Morgan fingerprint density at radius 2 is 0.878 bits per heavy atom. The number of hydrogen-bond donors (Lipinski definition) is 1. The summed E-state index contributed by atoms with van der Waals surface area (Å²) >= 11 is 0. The molecule has 41 heavy (non-hydrogen) atoms. The Labute approximate surface area is 260 Å². The highest BCUT2D eigenvalue weighted by atomic mass is 16.3. The molecule has 0 amide bonds. The normalized spacial score (nSPS) is 16.2. The lowest BCUT2D eigenvalue weighted by molar-refractivity contribution is 0.244. The number of aliphatic hydroxyl groups is 1. The third-order valence-corrected chi connectivity index (χ3v) is 9.76. The lowest BCUT2D eigenvalue weighted by atomic mass is 9.89. The van der Waals surface area contributed by atoms with Crippen LogP contribution in [0.3, 0.4) is 0 Å². The van der Waals surface area contributed by atoms with Crippen molar-refractivity contribution < 1.29 is 5.11 Å². The zero-order valence-electron chi connectivity index (χ0n) is 29.9. The Morgan fingerprint density at radius 1 is 0.537 bits per heavy atom. The van der Waals surface area contributed by atoms with E-state index in [0.717, 1.165) is 48.3 Å². The minimum absolute atomic E-state index is 0.230. The van der Waals surface area contributed by atoms with Gasteiger partial charge in [-0.2, -0.15) is 0 Å². The van der Waals surface area contributed by atoms with Crippen molar-refractivity contribution in [3.8, 4) is 0 Å². The van der Waals surface area contributed by atoms with Crippen molar-refractivity contribution in [1.29, 1.82) is 0 Å². The van der Waals surface area contributed by atoms with Gasteiger partial charge in [0.15, 0.2) is 0 Å². The van der Waals surface area contributed by atoms with Gasteiger partial charge in [0.1, 0.15) is 0 Å². The van der Waals surface area contributed by atoms with Gasteiger partial charge in [0, 0.05) is 12.5 Å². The van der Waals surface area contributed by atoms with Crippen molar-refractivity contribution in [2.75, 3.05) is 6.61 Å². The first-order valence-corrected chi connectivity index (χ1v) is 18.4. The van der Waals surface area contributed by atoms with E-state index < -0.39 is 0 Å². The van der Waals surface area contributed by atoms with Gasteiger partial charge in [0.2, 0.25) is 0 Å². The largest absolute Gasteiger partial charge is 0.396 e. The van der Waals surface area contributed by atoms with E-state index in [0.29, 0.717) is 0 Å². The summed E-state index contributed by atoms with van der Waals surface area (Å²) in [5, 5.41) is 10.0. The van der Waals surface area contributed by atoms with Crippen molar-refractivity contribution in [3.63, 3.8) is 0 Å². The van der Waals surface area contributed by atoms with Gasteiger partial charge in [-0.05, 0) is 74.5 Å². The predicted molar refractivity (Wildman–Crippen MR) is 188 cm³/mol. The van der Waals surface area contributed by atoms with Crippen LogP contribution in [0.5, 0.6) is 0 Å². The van der Waals surface area contributed by atoms with Crippen molar-refractivity contribution in [1.82, 2.24) is 0 Å². The molecular weight excluding hydrogens is 496 g/mol.